The van der Waals surface area contributed by atoms with Gasteiger partial charge in [0.15, 0.2) is 0 Å². The number of halogens is 2. The highest BCUT2D eigenvalue weighted by Gasteiger charge is 2.16. The van der Waals surface area contributed by atoms with Gasteiger partial charge in [0.05, 0.1) is 11.6 Å². The first-order valence-electron chi connectivity index (χ1n) is 6.48. The second kappa shape index (κ2) is 6.79. The zero-order valence-corrected chi connectivity index (χ0v) is 14.1. The van der Waals surface area contributed by atoms with Crippen LogP contribution in [0.3, 0.4) is 0 Å². The Hall–Kier alpha value is -0.770. The predicted octanol–water partition coefficient (Wildman–Crippen LogP) is 5.68. The molecule has 2 nitrogen and oxygen atoms in total. The first kappa shape index (κ1) is 15.6. The van der Waals surface area contributed by atoms with E-state index in [0.29, 0.717) is 5.88 Å². The van der Waals surface area contributed by atoms with Crippen LogP contribution in [-0.4, -0.2) is 4.98 Å². The third-order valence-electron chi connectivity index (χ3n) is 3.04. The van der Waals surface area contributed by atoms with Crippen LogP contribution in [0.5, 0.6) is 5.75 Å². The van der Waals surface area contributed by atoms with E-state index in [9.17, 15) is 0 Å². The molecule has 0 N–H and O–H groups in total. The monoisotopic (exact) mass is 329 g/mol. The minimum absolute atomic E-state index is 0.0445. The molecule has 1 atom stereocenters. The lowest BCUT2D eigenvalue weighted by molar-refractivity contribution is 0.200. The van der Waals surface area contributed by atoms with Crippen molar-refractivity contribution in [3.8, 4) is 5.75 Å². The normalized spacial score (nSPS) is 12.4. The van der Waals surface area contributed by atoms with Crippen molar-refractivity contribution in [3.05, 3.63) is 44.4 Å². The maximum atomic E-state index is 6.18. The Morgan fingerprint density at radius 1 is 1.30 bits per heavy atom. The molecule has 0 amide bonds. The van der Waals surface area contributed by atoms with Crippen LogP contribution in [0.2, 0.25) is 5.02 Å². The lowest BCUT2D eigenvalue weighted by Crippen LogP contribution is -2.06. The predicted molar refractivity (Wildman–Crippen MR) is 86.3 cm³/mol. The maximum Gasteiger partial charge on any atom is 0.150 e. The van der Waals surface area contributed by atoms with Crippen molar-refractivity contribution >= 4 is 34.5 Å². The summed E-state index contributed by atoms with van der Waals surface area (Å²) in [6.07, 6.45) is 0.813. The van der Waals surface area contributed by atoms with Gasteiger partial charge in [0, 0.05) is 10.4 Å². The largest absolute Gasteiger partial charge is 0.483 e. The third-order valence-corrected chi connectivity index (χ3v) is 4.90. The van der Waals surface area contributed by atoms with Gasteiger partial charge < -0.3 is 4.74 Å². The molecule has 2 rings (SSSR count). The number of nitrogens with zero attached hydrogens (tertiary/aromatic N) is 1. The van der Waals surface area contributed by atoms with E-state index < -0.39 is 0 Å². The van der Waals surface area contributed by atoms with Gasteiger partial charge in [-0.2, -0.15) is 0 Å². The molecule has 0 saturated carbocycles. The molecule has 108 valence electrons. The van der Waals surface area contributed by atoms with Crippen molar-refractivity contribution in [2.75, 3.05) is 0 Å². The average molecular weight is 330 g/mol. The topological polar surface area (TPSA) is 22.1 Å². The van der Waals surface area contributed by atoms with Gasteiger partial charge in [0.1, 0.15) is 16.9 Å². The zero-order chi connectivity index (χ0) is 14.7. The van der Waals surface area contributed by atoms with E-state index >= 15 is 0 Å². The molecule has 1 aromatic carbocycles. The summed E-state index contributed by atoms with van der Waals surface area (Å²) >= 11 is 13.6. The summed E-state index contributed by atoms with van der Waals surface area (Å²) in [6, 6.07) is 3.93. The summed E-state index contributed by atoms with van der Waals surface area (Å²) in [7, 11) is 0. The molecule has 0 saturated heterocycles. The fourth-order valence-electron chi connectivity index (χ4n) is 1.98. The van der Waals surface area contributed by atoms with Crippen LogP contribution in [0.1, 0.15) is 41.3 Å². The molecule has 0 aliphatic carbocycles. The van der Waals surface area contributed by atoms with Gasteiger partial charge in [0.2, 0.25) is 0 Å². The van der Waals surface area contributed by atoms with E-state index in [4.69, 9.17) is 27.9 Å². The number of thiazole rings is 1. The molecule has 0 bridgehead atoms. The Balaban J connectivity index is 2.22. The van der Waals surface area contributed by atoms with Crippen molar-refractivity contribution in [2.45, 2.75) is 39.2 Å². The number of hydrogen-bond donors (Lipinski definition) is 0. The minimum atomic E-state index is -0.0445. The second-order valence-corrected chi connectivity index (χ2v) is 6.23. The van der Waals surface area contributed by atoms with E-state index in [2.05, 4.69) is 11.9 Å². The molecule has 1 heterocycles. The summed E-state index contributed by atoms with van der Waals surface area (Å²) in [5.74, 6) is 1.27. The second-order valence-electron chi connectivity index (χ2n) is 4.70. The van der Waals surface area contributed by atoms with Gasteiger partial charge in [0.25, 0.3) is 0 Å². The zero-order valence-electron chi connectivity index (χ0n) is 11.7. The lowest BCUT2D eigenvalue weighted by atomic mass is 10.1. The smallest absolute Gasteiger partial charge is 0.150 e. The summed E-state index contributed by atoms with van der Waals surface area (Å²) in [5, 5.41) is 3.74. The molecule has 0 radical (unpaired) electrons. The first-order chi connectivity index (χ1) is 9.55. The molecule has 20 heavy (non-hydrogen) atoms. The van der Waals surface area contributed by atoms with Crippen LogP contribution in [-0.2, 0) is 5.88 Å². The number of hydrogen-bond acceptors (Lipinski definition) is 3. The van der Waals surface area contributed by atoms with Crippen molar-refractivity contribution in [2.24, 2.45) is 0 Å². The summed E-state index contributed by atoms with van der Waals surface area (Å²) in [5.41, 5.74) is 2.95. The number of alkyl halides is 1. The molecule has 0 fully saturated rings. The Labute approximate surface area is 133 Å². The Kier molecular flexibility index (Phi) is 5.30. The summed E-state index contributed by atoms with van der Waals surface area (Å²) < 4.78 is 6.07. The minimum Gasteiger partial charge on any atom is -0.483 e. The Bertz CT molecular complexity index is 574. The van der Waals surface area contributed by atoms with Crippen LogP contribution in [0, 0.1) is 13.8 Å². The molecule has 1 unspecified atom stereocenters. The number of aromatic nitrogens is 1. The van der Waals surface area contributed by atoms with E-state index in [-0.39, 0.29) is 6.10 Å². The molecule has 0 aliphatic heterocycles. The molecule has 0 spiro atoms. The summed E-state index contributed by atoms with van der Waals surface area (Å²) in [6.45, 7) is 6.05. The number of aryl methyl sites for hydroxylation is 2. The highest BCUT2D eigenvalue weighted by molar-refractivity contribution is 7.09. The van der Waals surface area contributed by atoms with E-state index in [1.165, 1.54) is 0 Å². The van der Waals surface area contributed by atoms with Crippen LogP contribution in [0.25, 0.3) is 0 Å². The van der Waals surface area contributed by atoms with Crippen LogP contribution in [0.15, 0.2) is 17.5 Å². The highest BCUT2D eigenvalue weighted by atomic mass is 35.5. The molecule has 2 aromatic rings. The fraction of sp³-hybridized carbons (Fsp3) is 0.400. The van der Waals surface area contributed by atoms with E-state index in [0.717, 1.165) is 39.0 Å². The quantitative estimate of drug-likeness (QED) is 0.658. The fourth-order valence-corrected chi connectivity index (χ4v) is 3.25. The molecular formula is C15H17Cl2NOS. The van der Waals surface area contributed by atoms with Gasteiger partial charge in [-0.05, 0) is 43.5 Å². The van der Waals surface area contributed by atoms with Crippen molar-refractivity contribution in [3.63, 3.8) is 0 Å². The van der Waals surface area contributed by atoms with E-state index in [1.807, 2.05) is 31.4 Å². The van der Waals surface area contributed by atoms with Crippen molar-refractivity contribution < 1.29 is 4.74 Å². The molecule has 0 aliphatic rings. The van der Waals surface area contributed by atoms with Gasteiger partial charge in [-0.15, -0.1) is 22.9 Å². The molecule has 5 heteroatoms. The van der Waals surface area contributed by atoms with Crippen LogP contribution in [0.4, 0.5) is 0 Å². The molecular weight excluding hydrogens is 313 g/mol. The number of ether oxygens (including phenoxy) is 1. The van der Waals surface area contributed by atoms with Crippen LogP contribution < -0.4 is 4.74 Å². The standard InChI is InChI=1S/C15H17Cl2NOS/c1-4-13(15-18-11(7-16)8-20-15)19-12-5-9(2)14(17)10(3)6-12/h5-6,8,13H,4,7H2,1-3H3. The number of benzene rings is 1. The average Bonchev–Trinajstić information content (AvgIpc) is 2.90. The van der Waals surface area contributed by atoms with Gasteiger partial charge in [-0.25, -0.2) is 4.98 Å². The summed E-state index contributed by atoms with van der Waals surface area (Å²) in [4.78, 5) is 4.49. The van der Waals surface area contributed by atoms with Gasteiger partial charge in [-0.3, -0.25) is 0 Å². The Morgan fingerprint density at radius 3 is 2.45 bits per heavy atom. The van der Waals surface area contributed by atoms with E-state index in [1.54, 1.807) is 11.3 Å². The first-order valence-corrected chi connectivity index (χ1v) is 8.28. The molecule has 1 aromatic heterocycles. The third kappa shape index (κ3) is 3.46. The highest BCUT2D eigenvalue weighted by Crippen LogP contribution is 2.31. The van der Waals surface area contributed by atoms with Crippen molar-refractivity contribution in [1.82, 2.24) is 4.98 Å². The van der Waals surface area contributed by atoms with Crippen molar-refractivity contribution in [1.29, 1.82) is 0 Å². The van der Waals surface area contributed by atoms with Crippen LogP contribution >= 0.6 is 34.5 Å². The van der Waals surface area contributed by atoms with Gasteiger partial charge in [-0.1, -0.05) is 18.5 Å². The maximum absolute atomic E-state index is 6.18. The Morgan fingerprint density at radius 2 is 1.95 bits per heavy atom. The van der Waals surface area contributed by atoms with Gasteiger partial charge >= 0.3 is 0 Å². The SMILES string of the molecule is CCC(Oc1cc(C)c(Cl)c(C)c1)c1nc(CCl)cs1. The lowest BCUT2D eigenvalue weighted by Gasteiger charge is -2.17. The number of rotatable bonds is 5.